The van der Waals surface area contributed by atoms with Crippen molar-refractivity contribution in [2.75, 3.05) is 29.5 Å². The largest absolute Gasteiger partial charge is 0.394 e. The predicted octanol–water partition coefficient (Wildman–Crippen LogP) is 5.44. The van der Waals surface area contributed by atoms with E-state index in [-0.39, 0.29) is 36.1 Å². The molecule has 0 radical (unpaired) electrons. The SMILES string of the molecule is C=CCN(C(=O)C1N([C@@H](CC)CO)C(=O)[C@@H]2[C@@H](C(=O)N(CC=C)c3ccccc3)[C@H]3CCC12S3)c1ccc2ccccc2c1. The topological polar surface area (TPSA) is 81.2 Å². The number of thioether (sulfide) groups is 1. The Bertz CT molecular complexity index is 1590. The van der Waals surface area contributed by atoms with Gasteiger partial charge in [-0.3, -0.25) is 14.4 Å². The Morgan fingerprint density at radius 3 is 2.30 bits per heavy atom. The number of para-hydroxylation sites is 1. The molecule has 228 valence electrons. The van der Waals surface area contributed by atoms with Crippen molar-refractivity contribution in [3.63, 3.8) is 0 Å². The summed E-state index contributed by atoms with van der Waals surface area (Å²) in [6.07, 6.45) is 5.29. The Kier molecular flexibility index (Phi) is 8.40. The van der Waals surface area contributed by atoms with Gasteiger partial charge in [0.15, 0.2) is 0 Å². The molecule has 3 heterocycles. The van der Waals surface area contributed by atoms with Crippen LogP contribution in [0.25, 0.3) is 10.8 Å². The zero-order valence-corrected chi connectivity index (χ0v) is 25.9. The van der Waals surface area contributed by atoms with Gasteiger partial charge in [0.2, 0.25) is 11.8 Å². The molecule has 0 saturated carbocycles. The molecule has 2 bridgehead atoms. The van der Waals surface area contributed by atoms with Crippen LogP contribution in [0.4, 0.5) is 11.4 Å². The number of hydrogen-bond acceptors (Lipinski definition) is 5. The van der Waals surface area contributed by atoms with Gasteiger partial charge >= 0.3 is 0 Å². The molecule has 0 aliphatic carbocycles. The fraction of sp³-hybridized carbons (Fsp3) is 0.361. The van der Waals surface area contributed by atoms with Crippen molar-refractivity contribution >= 4 is 51.6 Å². The monoisotopic (exact) mass is 609 g/mol. The minimum atomic E-state index is -0.819. The second-order valence-corrected chi connectivity index (χ2v) is 13.5. The lowest BCUT2D eigenvalue weighted by Gasteiger charge is -2.39. The molecule has 3 aliphatic heterocycles. The molecule has 2 unspecified atom stereocenters. The van der Waals surface area contributed by atoms with Crippen molar-refractivity contribution in [1.29, 1.82) is 0 Å². The summed E-state index contributed by atoms with van der Waals surface area (Å²) in [5.41, 5.74) is 1.48. The maximum absolute atomic E-state index is 14.9. The Balaban J connectivity index is 1.43. The first kappa shape index (κ1) is 30.2. The van der Waals surface area contributed by atoms with Crippen molar-refractivity contribution in [1.82, 2.24) is 4.90 Å². The van der Waals surface area contributed by atoms with Crippen LogP contribution >= 0.6 is 11.8 Å². The number of aliphatic hydroxyl groups excluding tert-OH is 1. The van der Waals surface area contributed by atoms with Crippen molar-refractivity contribution in [3.8, 4) is 0 Å². The third-order valence-electron chi connectivity index (χ3n) is 9.60. The first-order chi connectivity index (χ1) is 21.4. The van der Waals surface area contributed by atoms with Crippen LogP contribution in [0.5, 0.6) is 0 Å². The Morgan fingerprint density at radius 1 is 0.977 bits per heavy atom. The highest BCUT2D eigenvalue weighted by Gasteiger charge is 2.74. The van der Waals surface area contributed by atoms with E-state index in [1.54, 1.807) is 38.6 Å². The van der Waals surface area contributed by atoms with Crippen LogP contribution in [0.3, 0.4) is 0 Å². The molecule has 3 aromatic carbocycles. The number of amides is 3. The smallest absolute Gasteiger partial charge is 0.251 e. The highest BCUT2D eigenvalue weighted by molar-refractivity contribution is 8.02. The Labute approximate surface area is 263 Å². The number of carbonyl (C=O) groups excluding carboxylic acids is 3. The zero-order valence-electron chi connectivity index (χ0n) is 25.0. The van der Waals surface area contributed by atoms with Crippen molar-refractivity contribution in [2.24, 2.45) is 11.8 Å². The number of nitrogens with zero attached hydrogens (tertiary/aromatic N) is 3. The summed E-state index contributed by atoms with van der Waals surface area (Å²) in [5, 5.41) is 12.5. The molecule has 3 fully saturated rings. The number of anilines is 2. The predicted molar refractivity (Wildman–Crippen MR) is 178 cm³/mol. The van der Waals surface area contributed by atoms with E-state index in [1.807, 2.05) is 79.7 Å². The summed E-state index contributed by atoms with van der Waals surface area (Å²) >= 11 is 1.64. The standard InChI is InChI=1S/C36H39N3O4S/c1-4-20-37(27-14-8-7-9-15-27)33(41)30-29-18-19-36(44-29)31(30)34(42)39(26(6-3)23-40)32(36)35(43)38(21-5-2)28-17-16-24-12-10-11-13-25(24)22-28/h4-5,7-17,22,26,29-32,40H,1-2,6,18-21,23H2,3H3/t26-,29+,30-,31-,32?,36?/m0/s1. The minimum Gasteiger partial charge on any atom is -0.394 e. The van der Waals surface area contributed by atoms with Gasteiger partial charge in [0.05, 0.1) is 29.2 Å². The lowest BCUT2D eigenvalue weighted by molar-refractivity contribution is -0.141. The molecule has 8 heteroatoms. The molecule has 1 N–H and O–H groups in total. The number of benzene rings is 3. The zero-order chi connectivity index (χ0) is 31.0. The highest BCUT2D eigenvalue weighted by atomic mass is 32.2. The molecule has 3 saturated heterocycles. The van der Waals surface area contributed by atoms with Gasteiger partial charge in [0.25, 0.3) is 5.91 Å². The fourth-order valence-corrected chi connectivity index (χ4v) is 9.84. The van der Waals surface area contributed by atoms with Gasteiger partial charge in [-0.25, -0.2) is 0 Å². The van der Waals surface area contributed by atoms with Gasteiger partial charge in [-0.1, -0.05) is 67.6 Å². The summed E-state index contributed by atoms with van der Waals surface area (Å²) in [6, 6.07) is 22.0. The van der Waals surface area contributed by atoms with Gasteiger partial charge in [-0.15, -0.1) is 24.9 Å². The number of fused-ring (bicyclic) bond motifs is 2. The van der Waals surface area contributed by atoms with E-state index < -0.39 is 28.7 Å². The summed E-state index contributed by atoms with van der Waals surface area (Å²) in [4.78, 5) is 49.0. The summed E-state index contributed by atoms with van der Waals surface area (Å²) in [6.45, 7) is 10.1. The van der Waals surface area contributed by atoms with Crippen LogP contribution in [-0.2, 0) is 14.4 Å². The van der Waals surface area contributed by atoms with Crippen molar-refractivity contribution in [2.45, 2.75) is 48.3 Å². The molecule has 3 aliphatic rings. The average Bonchev–Trinajstić information content (AvgIpc) is 3.70. The first-order valence-electron chi connectivity index (χ1n) is 15.4. The van der Waals surface area contributed by atoms with Crippen LogP contribution in [0, 0.1) is 11.8 Å². The molecule has 3 aromatic rings. The van der Waals surface area contributed by atoms with Gasteiger partial charge in [0.1, 0.15) is 6.04 Å². The molecule has 7 nitrogen and oxygen atoms in total. The fourth-order valence-electron chi connectivity index (χ4n) is 7.64. The average molecular weight is 610 g/mol. The van der Waals surface area contributed by atoms with Crippen LogP contribution in [-0.4, -0.2) is 69.5 Å². The van der Waals surface area contributed by atoms with E-state index in [2.05, 4.69) is 13.2 Å². The van der Waals surface area contributed by atoms with Crippen molar-refractivity contribution in [3.05, 3.63) is 98.1 Å². The first-order valence-corrected chi connectivity index (χ1v) is 16.3. The lowest BCUT2D eigenvalue weighted by Crippen LogP contribution is -2.57. The lowest BCUT2D eigenvalue weighted by atomic mass is 9.70. The molecule has 3 amide bonds. The maximum atomic E-state index is 14.9. The molecule has 0 aromatic heterocycles. The van der Waals surface area contributed by atoms with E-state index in [4.69, 9.17) is 0 Å². The molecule has 44 heavy (non-hydrogen) atoms. The van der Waals surface area contributed by atoms with Crippen LogP contribution in [0.2, 0.25) is 0 Å². The second kappa shape index (κ2) is 12.3. The van der Waals surface area contributed by atoms with Gasteiger partial charge in [0, 0.05) is 29.7 Å². The van der Waals surface area contributed by atoms with Crippen LogP contribution < -0.4 is 9.80 Å². The van der Waals surface area contributed by atoms with Gasteiger partial charge < -0.3 is 19.8 Å². The quantitative estimate of drug-likeness (QED) is 0.293. The highest BCUT2D eigenvalue weighted by Crippen LogP contribution is 2.67. The number of aliphatic hydroxyl groups is 1. The van der Waals surface area contributed by atoms with Crippen LogP contribution in [0.1, 0.15) is 26.2 Å². The van der Waals surface area contributed by atoms with E-state index in [0.29, 0.717) is 19.4 Å². The molecular formula is C36H39N3O4S. The molecule has 1 spiro atoms. The maximum Gasteiger partial charge on any atom is 0.251 e. The Morgan fingerprint density at radius 2 is 1.64 bits per heavy atom. The normalized spacial score (nSPS) is 26.0. The molecule has 6 rings (SSSR count). The van der Waals surface area contributed by atoms with Crippen molar-refractivity contribution < 1.29 is 19.5 Å². The number of carbonyl (C=O) groups is 3. The Hall–Kier alpha value is -3.88. The number of hydrogen-bond donors (Lipinski definition) is 1. The third-order valence-corrected chi connectivity index (χ3v) is 11.6. The van der Waals surface area contributed by atoms with E-state index >= 15 is 0 Å². The summed E-state index contributed by atoms with van der Waals surface area (Å²) in [7, 11) is 0. The number of likely N-dealkylation sites (tertiary alicyclic amines) is 1. The van der Waals surface area contributed by atoms with Gasteiger partial charge in [-0.2, -0.15) is 0 Å². The van der Waals surface area contributed by atoms with E-state index in [1.165, 1.54) is 0 Å². The minimum absolute atomic E-state index is 0.0762. The third kappa shape index (κ3) is 4.75. The second-order valence-electron chi connectivity index (χ2n) is 11.9. The summed E-state index contributed by atoms with van der Waals surface area (Å²) in [5.74, 6) is -1.76. The van der Waals surface area contributed by atoms with Crippen LogP contribution in [0.15, 0.2) is 98.1 Å². The van der Waals surface area contributed by atoms with Gasteiger partial charge in [-0.05, 0) is 54.3 Å². The molecule has 6 atom stereocenters. The number of rotatable bonds is 11. The molecular weight excluding hydrogens is 570 g/mol. The summed E-state index contributed by atoms with van der Waals surface area (Å²) < 4.78 is -0.769. The van der Waals surface area contributed by atoms with E-state index in [0.717, 1.165) is 28.6 Å². The van der Waals surface area contributed by atoms with E-state index in [9.17, 15) is 19.5 Å².